The molecule has 3 amide bonds. The van der Waals surface area contributed by atoms with Gasteiger partial charge in [-0.15, -0.1) is 0 Å². The van der Waals surface area contributed by atoms with Crippen LogP contribution in [0.25, 0.3) is 0 Å². The Morgan fingerprint density at radius 3 is 2.29 bits per heavy atom. The molecule has 4 rings (SSSR count). The largest absolute Gasteiger partial charge is 0.457 e. The Balaban J connectivity index is 1.24. The average Bonchev–Trinajstić information content (AvgIpc) is 3.30. The summed E-state index contributed by atoms with van der Waals surface area (Å²) in [6.45, 7) is 3.59. The first-order valence-corrected chi connectivity index (χ1v) is 12.7. The summed E-state index contributed by atoms with van der Waals surface area (Å²) in [7, 11) is 0. The maximum absolute atomic E-state index is 12.6. The Labute approximate surface area is 228 Å². The van der Waals surface area contributed by atoms with Gasteiger partial charge in [-0.05, 0) is 85.6 Å². The van der Waals surface area contributed by atoms with Crippen molar-refractivity contribution in [2.75, 3.05) is 18.1 Å². The van der Waals surface area contributed by atoms with Crippen LogP contribution >= 0.6 is 15.9 Å². The molecule has 1 saturated heterocycles. The van der Waals surface area contributed by atoms with Gasteiger partial charge in [0.05, 0.1) is 5.92 Å². The topological polar surface area (TPSA) is 114 Å². The van der Waals surface area contributed by atoms with E-state index in [1.54, 1.807) is 48.5 Å². The molecule has 1 fully saturated rings. The number of nitrogens with one attached hydrogen (secondary N) is 2. The lowest BCUT2D eigenvalue weighted by Crippen LogP contribution is -2.43. The predicted octanol–water partition coefficient (Wildman–Crippen LogP) is 4.22. The van der Waals surface area contributed by atoms with E-state index in [1.165, 1.54) is 10.5 Å². The SMILES string of the molecule is Cc1ccc(Oc2ccc(N3C[C@@H](C(=O)OCC(=O)NNC(=O)c4ccc(Br)cc4)CC3=O)cc2)cc1C. The summed E-state index contributed by atoms with van der Waals surface area (Å²) in [4.78, 5) is 50.6. The molecule has 0 unspecified atom stereocenters. The Morgan fingerprint density at radius 2 is 1.61 bits per heavy atom. The van der Waals surface area contributed by atoms with Crippen LogP contribution in [0.3, 0.4) is 0 Å². The summed E-state index contributed by atoms with van der Waals surface area (Å²) in [5, 5.41) is 0. The molecular formula is C28H26BrN3O6. The highest BCUT2D eigenvalue weighted by Crippen LogP contribution is 2.29. The molecule has 0 saturated carbocycles. The van der Waals surface area contributed by atoms with Gasteiger partial charge >= 0.3 is 5.97 Å². The number of benzene rings is 3. The second-order valence-electron chi connectivity index (χ2n) is 8.86. The van der Waals surface area contributed by atoms with Crippen LogP contribution in [0.15, 0.2) is 71.2 Å². The predicted molar refractivity (Wildman–Crippen MR) is 144 cm³/mol. The third-order valence-electron chi connectivity index (χ3n) is 6.09. The molecule has 9 nitrogen and oxygen atoms in total. The van der Waals surface area contributed by atoms with Gasteiger partial charge in [0.1, 0.15) is 11.5 Å². The third kappa shape index (κ3) is 6.77. The maximum atomic E-state index is 12.6. The molecule has 1 aliphatic rings. The molecule has 0 bridgehead atoms. The molecule has 1 atom stereocenters. The molecule has 0 aliphatic carbocycles. The fourth-order valence-electron chi connectivity index (χ4n) is 3.81. The number of hydrogen-bond donors (Lipinski definition) is 2. The van der Waals surface area contributed by atoms with E-state index in [1.807, 2.05) is 32.0 Å². The molecule has 1 heterocycles. The van der Waals surface area contributed by atoms with E-state index < -0.39 is 30.3 Å². The zero-order valence-corrected chi connectivity index (χ0v) is 22.4. The Bertz CT molecular complexity index is 1360. The summed E-state index contributed by atoms with van der Waals surface area (Å²) in [5.41, 5.74) is 7.73. The lowest BCUT2D eigenvalue weighted by Gasteiger charge is -2.17. The van der Waals surface area contributed by atoms with Crippen molar-refractivity contribution in [3.05, 3.63) is 87.9 Å². The van der Waals surface area contributed by atoms with Crippen LogP contribution in [-0.2, 0) is 19.1 Å². The molecular weight excluding hydrogens is 554 g/mol. The molecule has 0 aromatic heterocycles. The van der Waals surface area contributed by atoms with E-state index in [-0.39, 0.29) is 18.9 Å². The number of halogens is 1. The molecule has 3 aromatic carbocycles. The number of hydrogen-bond acceptors (Lipinski definition) is 6. The van der Waals surface area contributed by atoms with Crippen molar-refractivity contribution in [1.82, 2.24) is 10.9 Å². The lowest BCUT2D eigenvalue weighted by atomic mass is 10.1. The van der Waals surface area contributed by atoms with Crippen LogP contribution < -0.4 is 20.5 Å². The quantitative estimate of drug-likeness (QED) is 0.320. The number of amides is 3. The van der Waals surface area contributed by atoms with Crippen molar-refractivity contribution in [2.24, 2.45) is 5.92 Å². The Hall–Kier alpha value is -4.18. The molecule has 38 heavy (non-hydrogen) atoms. The van der Waals surface area contributed by atoms with Gasteiger partial charge in [0, 0.05) is 28.7 Å². The molecule has 0 spiro atoms. The van der Waals surface area contributed by atoms with Crippen molar-refractivity contribution >= 4 is 45.3 Å². The number of esters is 1. The lowest BCUT2D eigenvalue weighted by molar-refractivity contribution is -0.152. The molecule has 196 valence electrons. The second-order valence-corrected chi connectivity index (χ2v) is 9.78. The monoisotopic (exact) mass is 579 g/mol. The van der Waals surface area contributed by atoms with Gasteiger partial charge in [-0.1, -0.05) is 22.0 Å². The van der Waals surface area contributed by atoms with Crippen LogP contribution in [-0.4, -0.2) is 36.8 Å². The second kappa shape index (κ2) is 11.9. The van der Waals surface area contributed by atoms with Crippen molar-refractivity contribution in [3.63, 3.8) is 0 Å². The van der Waals surface area contributed by atoms with E-state index in [2.05, 4.69) is 26.8 Å². The Kier molecular flexibility index (Phi) is 8.42. The zero-order chi connectivity index (χ0) is 27.2. The molecule has 2 N–H and O–H groups in total. The van der Waals surface area contributed by atoms with Crippen LogP contribution in [0.5, 0.6) is 11.5 Å². The fraction of sp³-hybridized carbons (Fsp3) is 0.214. The van der Waals surface area contributed by atoms with Crippen molar-refractivity contribution in [2.45, 2.75) is 20.3 Å². The Morgan fingerprint density at radius 1 is 0.921 bits per heavy atom. The van der Waals surface area contributed by atoms with Crippen molar-refractivity contribution in [1.29, 1.82) is 0 Å². The number of rotatable bonds is 7. The van der Waals surface area contributed by atoms with E-state index in [9.17, 15) is 19.2 Å². The first-order valence-electron chi connectivity index (χ1n) is 11.9. The average molecular weight is 580 g/mol. The smallest absolute Gasteiger partial charge is 0.311 e. The minimum atomic E-state index is -0.709. The maximum Gasteiger partial charge on any atom is 0.311 e. The highest BCUT2D eigenvalue weighted by molar-refractivity contribution is 9.10. The summed E-state index contributed by atoms with van der Waals surface area (Å²) < 4.78 is 11.8. The van der Waals surface area contributed by atoms with E-state index in [0.717, 1.165) is 15.8 Å². The summed E-state index contributed by atoms with van der Waals surface area (Å²) in [6, 6.07) is 19.4. The van der Waals surface area contributed by atoms with Crippen LogP contribution in [0, 0.1) is 19.8 Å². The third-order valence-corrected chi connectivity index (χ3v) is 6.62. The summed E-state index contributed by atoms with van der Waals surface area (Å²) in [6.07, 6.45) is -0.0261. The van der Waals surface area contributed by atoms with Crippen molar-refractivity contribution < 1.29 is 28.7 Å². The summed E-state index contributed by atoms with van der Waals surface area (Å²) >= 11 is 3.28. The first kappa shape index (κ1) is 26.9. The van der Waals surface area contributed by atoms with E-state index in [0.29, 0.717) is 17.0 Å². The number of ether oxygens (including phenoxy) is 2. The standard InChI is InChI=1S/C28H26BrN3O6/c1-17-3-10-24(13-18(17)2)38-23-11-8-22(9-12-23)32-15-20(14-26(32)34)28(36)37-16-25(33)30-31-27(35)19-4-6-21(29)7-5-19/h3-13,20H,14-16H2,1-2H3,(H,30,33)(H,31,35)/t20-/m0/s1. The molecule has 10 heteroatoms. The number of hydrazine groups is 1. The van der Waals surface area contributed by atoms with Gasteiger partial charge < -0.3 is 14.4 Å². The zero-order valence-electron chi connectivity index (χ0n) is 20.8. The van der Waals surface area contributed by atoms with Gasteiger partial charge in [0.15, 0.2) is 6.61 Å². The molecule has 1 aliphatic heterocycles. The van der Waals surface area contributed by atoms with Gasteiger partial charge in [0.25, 0.3) is 11.8 Å². The highest BCUT2D eigenvalue weighted by atomic mass is 79.9. The number of aryl methyl sites for hydroxylation is 2. The summed E-state index contributed by atoms with van der Waals surface area (Å²) in [5.74, 6) is -1.47. The van der Waals surface area contributed by atoms with E-state index >= 15 is 0 Å². The normalized spacial score (nSPS) is 14.7. The minimum Gasteiger partial charge on any atom is -0.457 e. The molecule has 0 radical (unpaired) electrons. The first-order chi connectivity index (χ1) is 18.2. The van der Waals surface area contributed by atoms with Gasteiger partial charge in [-0.2, -0.15) is 0 Å². The van der Waals surface area contributed by atoms with Crippen LogP contribution in [0.2, 0.25) is 0 Å². The van der Waals surface area contributed by atoms with E-state index in [4.69, 9.17) is 9.47 Å². The van der Waals surface area contributed by atoms with Crippen LogP contribution in [0.4, 0.5) is 5.69 Å². The van der Waals surface area contributed by atoms with Gasteiger partial charge in [0.2, 0.25) is 5.91 Å². The number of carbonyl (C=O) groups excluding carboxylic acids is 4. The van der Waals surface area contributed by atoms with Crippen molar-refractivity contribution in [3.8, 4) is 11.5 Å². The number of anilines is 1. The fourth-order valence-corrected chi connectivity index (χ4v) is 4.08. The highest BCUT2D eigenvalue weighted by Gasteiger charge is 2.36. The van der Waals surface area contributed by atoms with Crippen LogP contribution in [0.1, 0.15) is 27.9 Å². The number of nitrogens with zero attached hydrogens (tertiary/aromatic N) is 1. The minimum absolute atomic E-state index is 0.0261. The number of carbonyl (C=O) groups is 4. The molecule has 3 aromatic rings. The van der Waals surface area contributed by atoms with Gasteiger partial charge in [-0.3, -0.25) is 30.0 Å². The van der Waals surface area contributed by atoms with Gasteiger partial charge in [-0.25, -0.2) is 0 Å².